The van der Waals surface area contributed by atoms with E-state index in [0.717, 1.165) is 42.8 Å². The fraction of sp³-hybridized carbons (Fsp3) is 0.615. The number of hydrogen-bond acceptors (Lipinski definition) is 6. The molecule has 1 saturated heterocycles. The molecule has 1 aliphatic rings. The molecule has 1 aromatic rings. The Bertz CT molecular complexity index is 497. The van der Waals surface area contributed by atoms with Crippen molar-refractivity contribution in [1.82, 2.24) is 4.90 Å². The van der Waals surface area contributed by atoms with Crippen LogP contribution >= 0.6 is 11.3 Å². The summed E-state index contributed by atoms with van der Waals surface area (Å²) in [4.78, 5) is 22.9. The quantitative estimate of drug-likeness (QED) is 0.612. The van der Waals surface area contributed by atoms with Gasteiger partial charge < -0.3 is 9.84 Å². The molecule has 0 aromatic carbocycles. The van der Waals surface area contributed by atoms with E-state index in [1.165, 1.54) is 0 Å². The van der Waals surface area contributed by atoms with Crippen molar-refractivity contribution in [2.45, 2.75) is 31.9 Å². The van der Waals surface area contributed by atoms with Crippen molar-refractivity contribution in [2.75, 3.05) is 19.7 Å². The maximum Gasteiger partial charge on any atom is 0.324 e. The summed E-state index contributed by atoms with van der Waals surface area (Å²) in [6.07, 6.45) is 1.90. The molecule has 0 saturated carbocycles. The smallest absolute Gasteiger partial charge is 0.324 e. The third-order valence-corrected chi connectivity index (χ3v) is 4.36. The van der Waals surface area contributed by atoms with Gasteiger partial charge in [0.25, 0.3) is 0 Å². The molecule has 2 rings (SSSR count). The minimum absolute atomic E-state index is 0.0405. The van der Waals surface area contributed by atoms with Gasteiger partial charge in [-0.15, -0.1) is 0 Å². The summed E-state index contributed by atoms with van der Waals surface area (Å²) in [5, 5.41) is 21.2. The lowest BCUT2D eigenvalue weighted by Crippen LogP contribution is -2.36. The molecule has 1 aromatic heterocycles. The topological polar surface area (TPSA) is 92.9 Å². The number of aliphatic carboxylic acids is 1. The highest BCUT2D eigenvalue weighted by atomic mass is 32.1. The lowest BCUT2D eigenvalue weighted by molar-refractivity contribution is -0.380. The van der Waals surface area contributed by atoms with Crippen LogP contribution in [0.3, 0.4) is 0 Å². The van der Waals surface area contributed by atoms with Gasteiger partial charge in [-0.2, -0.15) is 0 Å². The van der Waals surface area contributed by atoms with Crippen molar-refractivity contribution in [3.63, 3.8) is 0 Å². The molecule has 0 unspecified atom stereocenters. The van der Waals surface area contributed by atoms with E-state index in [2.05, 4.69) is 4.90 Å². The number of hydrogen-bond donors (Lipinski definition) is 1. The number of thiophene rings is 1. The Labute approximate surface area is 126 Å². The Morgan fingerprint density at radius 1 is 1.52 bits per heavy atom. The number of piperidine rings is 1. The summed E-state index contributed by atoms with van der Waals surface area (Å²) in [6.45, 7) is 2.70. The molecule has 8 heteroatoms. The second kappa shape index (κ2) is 7.48. The highest BCUT2D eigenvalue weighted by Crippen LogP contribution is 2.24. The summed E-state index contributed by atoms with van der Waals surface area (Å²) >= 11 is 1.15. The van der Waals surface area contributed by atoms with E-state index in [1.54, 1.807) is 6.07 Å². The number of carbonyl (C=O) groups is 1. The third-order valence-electron chi connectivity index (χ3n) is 3.43. The normalized spacial score (nSPS) is 17.0. The predicted octanol–water partition coefficient (Wildman–Crippen LogP) is 2.11. The van der Waals surface area contributed by atoms with Gasteiger partial charge in [0.05, 0.1) is 24.1 Å². The number of likely N-dealkylation sites (tertiary alicyclic amines) is 1. The van der Waals surface area contributed by atoms with Crippen LogP contribution < -0.4 is 0 Å². The van der Waals surface area contributed by atoms with E-state index in [4.69, 9.17) is 9.84 Å². The van der Waals surface area contributed by atoms with Gasteiger partial charge in [-0.3, -0.25) is 19.8 Å². The molecular weight excluding hydrogens is 296 g/mol. The molecule has 0 bridgehead atoms. The van der Waals surface area contributed by atoms with Crippen molar-refractivity contribution in [2.24, 2.45) is 0 Å². The van der Waals surface area contributed by atoms with E-state index in [-0.39, 0.29) is 29.1 Å². The van der Waals surface area contributed by atoms with Crippen LogP contribution in [-0.2, 0) is 16.1 Å². The Morgan fingerprint density at radius 3 is 2.81 bits per heavy atom. The first-order valence-electron chi connectivity index (χ1n) is 6.82. The second-order valence-corrected chi connectivity index (χ2v) is 5.93. The monoisotopic (exact) mass is 314 g/mol. The summed E-state index contributed by atoms with van der Waals surface area (Å²) in [5.41, 5.74) is 0.969. The lowest BCUT2D eigenvalue weighted by Gasteiger charge is -2.31. The van der Waals surface area contributed by atoms with Gasteiger partial charge in [-0.25, -0.2) is 0 Å². The van der Waals surface area contributed by atoms with Crippen molar-refractivity contribution in [1.29, 1.82) is 0 Å². The summed E-state index contributed by atoms with van der Waals surface area (Å²) in [5.74, 6) is -0.841. The van der Waals surface area contributed by atoms with E-state index in [0.29, 0.717) is 6.54 Å². The maximum atomic E-state index is 10.6. The second-order valence-electron chi connectivity index (χ2n) is 5.04. The minimum Gasteiger partial charge on any atom is -0.481 e. The molecule has 21 heavy (non-hydrogen) atoms. The molecule has 0 atom stereocenters. The van der Waals surface area contributed by atoms with Crippen LogP contribution in [0, 0.1) is 10.1 Å². The van der Waals surface area contributed by atoms with Crippen LogP contribution in [0.5, 0.6) is 0 Å². The number of carboxylic acid groups (broad SMARTS) is 1. The number of rotatable bonds is 7. The molecule has 0 spiro atoms. The van der Waals surface area contributed by atoms with Gasteiger partial charge in [0.1, 0.15) is 0 Å². The van der Waals surface area contributed by atoms with Crippen molar-refractivity contribution in [3.05, 3.63) is 27.1 Å². The van der Waals surface area contributed by atoms with Crippen LogP contribution in [-0.4, -0.2) is 46.7 Å². The number of nitro groups is 1. The van der Waals surface area contributed by atoms with Crippen molar-refractivity contribution >= 4 is 22.3 Å². The van der Waals surface area contributed by atoms with E-state index >= 15 is 0 Å². The molecular formula is C13H18N2O5S. The Kier molecular flexibility index (Phi) is 5.66. The SMILES string of the molecule is O=C(O)CCOC1CCN(Cc2csc([N+](=O)[O-])c2)CC1. The van der Waals surface area contributed by atoms with Crippen LogP contribution in [0.4, 0.5) is 5.00 Å². The highest BCUT2D eigenvalue weighted by molar-refractivity contribution is 7.13. The molecule has 0 aliphatic carbocycles. The van der Waals surface area contributed by atoms with Crippen molar-refractivity contribution in [3.8, 4) is 0 Å². The summed E-state index contributed by atoms with van der Waals surface area (Å²) in [7, 11) is 0. The maximum absolute atomic E-state index is 10.6. The molecule has 7 nitrogen and oxygen atoms in total. The standard InChI is InChI=1S/C13H18N2O5S/c16-13(17)3-6-20-11-1-4-14(5-2-11)8-10-7-12(15(18)19)21-9-10/h7,9,11H,1-6,8H2,(H,16,17). The molecule has 0 radical (unpaired) electrons. The lowest BCUT2D eigenvalue weighted by atomic mass is 10.1. The Hall–Kier alpha value is -1.51. The van der Waals surface area contributed by atoms with E-state index < -0.39 is 5.97 Å². The fourth-order valence-corrected chi connectivity index (χ4v) is 3.07. The van der Waals surface area contributed by atoms with E-state index in [1.807, 2.05) is 5.38 Å². The zero-order valence-electron chi connectivity index (χ0n) is 11.6. The average molecular weight is 314 g/mol. The summed E-state index contributed by atoms with van der Waals surface area (Å²) in [6, 6.07) is 1.63. The van der Waals surface area contributed by atoms with Crippen LogP contribution in [0.1, 0.15) is 24.8 Å². The first-order chi connectivity index (χ1) is 10.0. The molecule has 1 N–H and O–H groups in total. The highest BCUT2D eigenvalue weighted by Gasteiger charge is 2.21. The summed E-state index contributed by atoms with van der Waals surface area (Å²) < 4.78 is 5.53. The third kappa shape index (κ3) is 5.07. The fourth-order valence-electron chi connectivity index (χ4n) is 2.35. The Morgan fingerprint density at radius 2 is 2.24 bits per heavy atom. The van der Waals surface area contributed by atoms with Gasteiger partial charge in [-0.1, -0.05) is 11.3 Å². The predicted molar refractivity (Wildman–Crippen MR) is 77.5 cm³/mol. The first-order valence-corrected chi connectivity index (χ1v) is 7.70. The van der Waals surface area contributed by atoms with Crippen LogP contribution in [0.25, 0.3) is 0 Å². The molecule has 2 heterocycles. The number of carboxylic acids is 1. The molecule has 1 aliphatic heterocycles. The molecule has 1 fully saturated rings. The van der Waals surface area contributed by atoms with Gasteiger partial charge in [0, 0.05) is 31.1 Å². The minimum atomic E-state index is -0.841. The first kappa shape index (κ1) is 15.9. The van der Waals surface area contributed by atoms with Gasteiger partial charge >= 0.3 is 11.0 Å². The zero-order valence-corrected chi connectivity index (χ0v) is 12.4. The molecule has 116 valence electrons. The average Bonchev–Trinajstić information content (AvgIpc) is 2.89. The molecule has 0 amide bonds. The zero-order chi connectivity index (χ0) is 15.2. The largest absolute Gasteiger partial charge is 0.481 e. The van der Waals surface area contributed by atoms with Crippen molar-refractivity contribution < 1.29 is 19.6 Å². The van der Waals surface area contributed by atoms with Gasteiger partial charge in [0.2, 0.25) is 0 Å². The van der Waals surface area contributed by atoms with Crippen LogP contribution in [0.2, 0.25) is 0 Å². The van der Waals surface area contributed by atoms with Gasteiger partial charge in [-0.05, 0) is 18.4 Å². The van der Waals surface area contributed by atoms with Crippen LogP contribution in [0.15, 0.2) is 11.4 Å². The number of ether oxygens (including phenoxy) is 1. The number of nitrogens with zero attached hydrogens (tertiary/aromatic N) is 2. The Balaban J connectivity index is 1.71. The van der Waals surface area contributed by atoms with Gasteiger partial charge in [0.15, 0.2) is 0 Å². The van der Waals surface area contributed by atoms with E-state index in [9.17, 15) is 14.9 Å².